The number of nitrogens with zero attached hydrogens (tertiary/aromatic N) is 1. The van der Waals surface area contributed by atoms with Gasteiger partial charge in [-0.2, -0.15) is 0 Å². The fraction of sp³-hybridized carbons (Fsp3) is 0.571. The lowest BCUT2D eigenvalue weighted by atomic mass is 10.0. The van der Waals surface area contributed by atoms with Gasteiger partial charge in [0.2, 0.25) is 0 Å². The molecule has 1 heterocycles. The van der Waals surface area contributed by atoms with Crippen LogP contribution in [0.2, 0.25) is 0 Å². The molecular weight excluding hydrogens is 286 g/mol. The molecule has 0 radical (unpaired) electrons. The zero-order chi connectivity index (χ0) is 13.8. The van der Waals surface area contributed by atoms with Crippen LogP contribution in [-0.4, -0.2) is 38.2 Å². The Hall–Kier alpha value is -0.910. The molecule has 1 atom stereocenters. The van der Waals surface area contributed by atoms with Crippen molar-refractivity contribution in [1.29, 1.82) is 0 Å². The van der Waals surface area contributed by atoms with Crippen molar-refractivity contribution in [1.82, 2.24) is 10.2 Å². The SMILES string of the molecule is CC[C@H](c1c(F)cc(OC)cc1F)N1CCNCC1.Cl. The molecule has 20 heavy (non-hydrogen) atoms. The maximum absolute atomic E-state index is 14.1. The molecule has 0 aliphatic carbocycles. The van der Waals surface area contributed by atoms with Crippen molar-refractivity contribution < 1.29 is 13.5 Å². The van der Waals surface area contributed by atoms with Gasteiger partial charge in [0.25, 0.3) is 0 Å². The van der Waals surface area contributed by atoms with E-state index in [1.165, 1.54) is 19.2 Å². The number of hydrogen-bond acceptors (Lipinski definition) is 3. The third kappa shape index (κ3) is 3.59. The van der Waals surface area contributed by atoms with Crippen LogP contribution in [0.3, 0.4) is 0 Å². The van der Waals surface area contributed by atoms with Crippen LogP contribution in [0.25, 0.3) is 0 Å². The van der Waals surface area contributed by atoms with Gasteiger partial charge in [-0.25, -0.2) is 8.78 Å². The third-order valence-electron chi connectivity index (χ3n) is 3.60. The largest absolute Gasteiger partial charge is 0.497 e. The lowest BCUT2D eigenvalue weighted by molar-refractivity contribution is 0.162. The smallest absolute Gasteiger partial charge is 0.134 e. The number of nitrogens with one attached hydrogen (secondary N) is 1. The van der Waals surface area contributed by atoms with E-state index in [4.69, 9.17) is 4.74 Å². The highest BCUT2D eigenvalue weighted by atomic mass is 35.5. The second kappa shape index (κ2) is 7.76. The Labute approximate surface area is 124 Å². The van der Waals surface area contributed by atoms with Crippen molar-refractivity contribution in [2.75, 3.05) is 33.3 Å². The van der Waals surface area contributed by atoms with Gasteiger partial charge in [-0.3, -0.25) is 4.90 Å². The molecule has 3 nitrogen and oxygen atoms in total. The summed E-state index contributed by atoms with van der Waals surface area (Å²) in [6, 6.07) is 2.29. The fourth-order valence-corrected chi connectivity index (χ4v) is 2.64. The van der Waals surface area contributed by atoms with E-state index in [-0.39, 0.29) is 29.8 Å². The molecule has 2 rings (SSSR count). The molecule has 1 aliphatic rings. The molecule has 1 fully saturated rings. The standard InChI is InChI=1S/C14H20F2N2O.ClH/c1-3-13(18-6-4-17-5-7-18)14-11(15)8-10(19-2)9-12(14)16;/h8-9,13,17H,3-7H2,1-2H3;1H/t13-;/m1./s1. The van der Waals surface area contributed by atoms with Crippen LogP contribution in [0.15, 0.2) is 12.1 Å². The van der Waals surface area contributed by atoms with Crippen LogP contribution in [0.4, 0.5) is 8.78 Å². The summed E-state index contributed by atoms with van der Waals surface area (Å²) in [7, 11) is 1.40. The summed E-state index contributed by atoms with van der Waals surface area (Å²) in [6.45, 7) is 5.29. The molecule has 1 N–H and O–H groups in total. The second-order valence-electron chi connectivity index (χ2n) is 4.71. The summed E-state index contributed by atoms with van der Waals surface area (Å²) < 4.78 is 33.1. The highest BCUT2D eigenvalue weighted by Gasteiger charge is 2.26. The van der Waals surface area contributed by atoms with Gasteiger partial charge in [0.1, 0.15) is 17.4 Å². The Morgan fingerprint density at radius 1 is 1.25 bits per heavy atom. The first-order valence-corrected chi connectivity index (χ1v) is 6.65. The van der Waals surface area contributed by atoms with Crippen LogP contribution in [0.5, 0.6) is 5.75 Å². The maximum atomic E-state index is 14.1. The molecule has 0 unspecified atom stereocenters. The van der Waals surface area contributed by atoms with Gasteiger partial charge in [0.05, 0.1) is 7.11 Å². The van der Waals surface area contributed by atoms with Crippen molar-refractivity contribution in [3.05, 3.63) is 29.3 Å². The number of rotatable bonds is 4. The lowest BCUT2D eigenvalue weighted by Crippen LogP contribution is -2.45. The van der Waals surface area contributed by atoms with Crippen LogP contribution in [0, 0.1) is 11.6 Å². The Morgan fingerprint density at radius 3 is 2.25 bits per heavy atom. The van der Waals surface area contributed by atoms with Crippen molar-refractivity contribution in [3.63, 3.8) is 0 Å². The molecule has 1 aromatic carbocycles. The van der Waals surface area contributed by atoms with E-state index >= 15 is 0 Å². The van der Waals surface area contributed by atoms with Crippen molar-refractivity contribution >= 4 is 12.4 Å². The number of halogens is 3. The first-order chi connectivity index (χ1) is 9.17. The van der Waals surface area contributed by atoms with Crippen LogP contribution in [-0.2, 0) is 0 Å². The Morgan fingerprint density at radius 2 is 1.80 bits per heavy atom. The van der Waals surface area contributed by atoms with Crippen LogP contribution < -0.4 is 10.1 Å². The average Bonchev–Trinajstić information content (AvgIpc) is 2.43. The third-order valence-corrected chi connectivity index (χ3v) is 3.60. The van der Waals surface area contributed by atoms with Gasteiger partial charge in [0.15, 0.2) is 0 Å². The summed E-state index contributed by atoms with van der Waals surface area (Å²) in [5, 5.41) is 3.24. The predicted molar refractivity (Wildman–Crippen MR) is 77.6 cm³/mol. The van der Waals surface area contributed by atoms with E-state index in [0.29, 0.717) is 6.42 Å². The van der Waals surface area contributed by atoms with Crippen molar-refractivity contribution in [2.45, 2.75) is 19.4 Å². The minimum Gasteiger partial charge on any atom is -0.497 e. The number of hydrogen-bond donors (Lipinski definition) is 1. The van der Waals surface area contributed by atoms with E-state index in [1.54, 1.807) is 0 Å². The molecule has 0 aromatic heterocycles. The number of ether oxygens (including phenoxy) is 1. The van der Waals surface area contributed by atoms with Gasteiger partial charge in [-0.05, 0) is 6.42 Å². The van der Waals surface area contributed by atoms with Crippen molar-refractivity contribution in [3.8, 4) is 5.75 Å². The zero-order valence-electron chi connectivity index (χ0n) is 11.8. The van der Waals surface area contributed by atoms with Gasteiger partial charge in [0, 0.05) is 49.9 Å². The van der Waals surface area contributed by atoms with Gasteiger partial charge in [-0.15, -0.1) is 12.4 Å². The lowest BCUT2D eigenvalue weighted by Gasteiger charge is -2.35. The quantitative estimate of drug-likeness (QED) is 0.926. The Kier molecular flexibility index (Phi) is 6.65. The molecule has 0 saturated carbocycles. The highest BCUT2D eigenvalue weighted by molar-refractivity contribution is 5.85. The molecule has 1 saturated heterocycles. The fourth-order valence-electron chi connectivity index (χ4n) is 2.64. The minimum atomic E-state index is -0.526. The molecule has 114 valence electrons. The normalized spacial score (nSPS) is 17.4. The number of methoxy groups -OCH3 is 1. The number of benzene rings is 1. The summed E-state index contributed by atoms with van der Waals surface area (Å²) >= 11 is 0. The van der Waals surface area contributed by atoms with Crippen LogP contribution in [0.1, 0.15) is 24.9 Å². The van der Waals surface area contributed by atoms with E-state index in [9.17, 15) is 8.78 Å². The van der Waals surface area contributed by atoms with E-state index < -0.39 is 11.6 Å². The Bertz CT molecular complexity index is 416. The molecule has 1 aliphatic heterocycles. The summed E-state index contributed by atoms with van der Waals surface area (Å²) in [6.07, 6.45) is 0.681. The zero-order valence-corrected chi connectivity index (χ0v) is 12.6. The average molecular weight is 307 g/mol. The summed E-state index contributed by atoms with van der Waals surface area (Å²) in [4.78, 5) is 2.13. The van der Waals surface area contributed by atoms with Gasteiger partial charge < -0.3 is 10.1 Å². The van der Waals surface area contributed by atoms with Gasteiger partial charge in [-0.1, -0.05) is 6.92 Å². The first kappa shape index (κ1) is 17.1. The number of piperazine rings is 1. The van der Waals surface area contributed by atoms with E-state index in [0.717, 1.165) is 26.2 Å². The van der Waals surface area contributed by atoms with E-state index in [1.807, 2.05) is 6.92 Å². The minimum absolute atomic E-state index is 0. The van der Waals surface area contributed by atoms with Gasteiger partial charge >= 0.3 is 0 Å². The maximum Gasteiger partial charge on any atom is 0.134 e. The second-order valence-corrected chi connectivity index (χ2v) is 4.71. The Balaban J connectivity index is 0.00000200. The molecule has 0 bridgehead atoms. The van der Waals surface area contributed by atoms with E-state index in [2.05, 4.69) is 10.2 Å². The predicted octanol–water partition coefficient (Wildman–Crippen LogP) is 2.75. The van der Waals surface area contributed by atoms with Crippen molar-refractivity contribution in [2.24, 2.45) is 0 Å². The topological polar surface area (TPSA) is 24.5 Å². The monoisotopic (exact) mass is 306 g/mol. The molecule has 1 aromatic rings. The summed E-state index contributed by atoms with van der Waals surface area (Å²) in [5.74, 6) is -0.835. The highest BCUT2D eigenvalue weighted by Crippen LogP contribution is 2.31. The first-order valence-electron chi connectivity index (χ1n) is 6.65. The summed E-state index contributed by atoms with van der Waals surface area (Å²) in [5.41, 5.74) is 0.158. The molecule has 0 spiro atoms. The van der Waals surface area contributed by atoms with Crippen LogP contribution >= 0.6 is 12.4 Å². The molecule has 0 amide bonds. The molecular formula is C14H21ClF2N2O. The molecule has 6 heteroatoms.